The molecule has 1 aromatic carbocycles. The third-order valence-electron chi connectivity index (χ3n) is 4.15. The summed E-state index contributed by atoms with van der Waals surface area (Å²) in [6.07, 6.45) is -3.44. The van der Waals surface area contributed by atoms with Crippen LogP contribution in [0.4, 0.5) is 13.2 Å². The van der Waals surface area contributed by atoms with Crippen LogP contribution in [0.5, 0.6) is 0 Å². The molecule has 0 aliphatic rings. The summed E-state index contributed by atoms with van der Waals surface area (Å²) in [4.78, 5) is 16.1. The quantitative estimate of drug-likeness (QED) is 0.317. The van der Waals surface area contributed by atoms with E-state index < -0.39 is 17.7 Å². The number of pyridine rings is 1. The highest BCUT2D eigenvalue weighted by molar-refractivity contribution is 7.98. The SMILES string of the molecule is COC(=O)c1ccc(-c2nc(CSc3nnc4ccc(C(F)(F)F)cn34)cs2)cc1. The van der Waals surface area contributed by atoms with Gasteiger partial charge in [0.25, 0.3) is 0 Å². The molecule has 0 N–H and O–H groups in total. The van der Waals surface area contributed by atoms with Gasteiger partial charge in [-0.3, -0.25) is 4.40 Å². The van der Waals surface area contributed by atoms with E-state index >= 15 is 0 Å². The molecule has 0 saturated carbocycles. The average Bonchev–Trinajstić information content (AvgIpc) is 3.37. The Labute approximate surface area is 176 Å². The molecule has 3 aromatic heterocycles. The van der Waals surface area contributed by atoms with E-state index in [9.17, 15) is 18.0 Å². The number of esters is 1. The molecule has 154 valence electrons. The maximum absolute atomic E-state index is 13.0. The Kier molecular flexibility index (Phi) is 5.48. The number of carbonyl (C=O) groups excluding carboxylic acids is 1. The van der Waals surface area contributed by atoms with Crippen molar-refractivity contribution in [2.24, 2.45) is 0 Å². The highest BCUT2D eigenvalue weighted by atomic mass is 32.2. The number of alkyl halides is 3. The van der Waals surface area contributed by atoms with E-state index in [4.69, 9.17) is 0 Å². The predicted octanol–water partition coefficient (Wildman–Crippen LogP) is 4.95. The average molecular weight is 450 g/mol. The number of thiazole rings is 1. The van der Waals surface area contributed by atoms with E-state index in [1.54, 1.807) is 24.3 Å². The third kappa shape index (κ3) is 4.17. The van der Waals surface area contributed by atoms with E-state index in [2.05, 4.69) is 19.9 Å². The topological polar surface area (TPSA) is 69.4 Å². The lowest BCUT2D eigenvalue weighted by molar-refractivity contribution is -0.137. The van der Waals surface area contributed by atoms with Gasteiger partial charge in [0.1, 0.15) is 5.01 Å². The fourth-order valence-corrected chi connectivity index (χ4v) is 4.39. The van der Waals surface area contributed by atoms with Gasteiger partial charge in [-0.15, -0.1) is 21.5 Å². The summed E-state index contributed by atoms with van der Waals surface area (Å²) in [5.41, 5.74) is 1.65. The van der Waals surface area contributed by atoms with Crippen LogP contribution in [0.2, 0.25) is 0 Å². The Morgan fingerprint density at radius 3 is 2.63 bits per heavy atom. The summed E-state index contributed by atoms with van der Waals surface area (Å²) in [7, 11) is 1.32. The lowest BCUT2D eigenvalue weighted by atomic mass is 10.1. The zero-order valence-corrected chi connectivity index (χ0v) is 17.0. The van der Waals surface area contributed by atoms with Crippen molar-refractivity contribution in [3.05, 3.63) is 64.8 Å². The summed E-state index contributed by atoms with van der Waals surface area (Å²) in [5, 5.41) is 10.9. The molecule has 0 radical (unpaired) electrons. The first-order chi connectivity index (χ1) is 14.3. The van der Waals surface area contributed by atoms with Crippen molar-refractivity contribution in [1.82, 2.24) is 19.6 Å². The highest BCUT2D eigenvalue weighted by Gasteiger charge is 2.31. The fraction of sp³-hybridized carbons (Fsp3) is 0.158. The summed E-state index contributed by atoms with van der Waals surface area (Å²) in [6.45, 7) is 0. The number of aromatic nitrogens is 4. The van der Waals surface area contributed by atoms with Gasteiger partial charge in [0.05, 0.1) is 23.9 Å². The minimum Gasteiger partial charge on any atom is -0.465 e. The smallest absolute Gasteiger partial charge is 0.417 e. The maximum Gasteiger partial charge on any atom is 0.417 e. The van der Waals surface area contributed by atoms with E-state index in [1.165, 1.54) is 40.7 Å². The van der Waals surface area contributed by atoms with E-state index in [-0.39, 0.29) is 0 Å². The minimum absolute atomic E-state index is 0.343. The number of thioether (sulfide) groups is 1. The van der Waals surface area contributed by atoms with Crippen molar-refractivity contribution in [1.29, 1.82) is 0 Å². The number of hydrogen-bond donors (Lipinski definition) is 0. The van der Waals surface area contributed by atoms with Gasteiger partial charge in [-0.05, 0) is 24.3 Å². The number of benzene rings is 1. The van der Waals surface area contributed by atoms with E-state index in [1.807, 2.05) is 5.38 Å². The minimum atomic E-state index is -4.44. The summed E-state index contributed by atoms with van der Waals surface area (Å²) in [6, 6.07) is 9.17. The summed E-state index contributed by atoms with van der Waals surface area (Å²) < 4.78 is 44.9. The maximum atomic E-state index is 13.0. The molecule has 0 aliphatic heterocycles. The summed E-state index contributed by atoms with van der Waals surface area (Å²) in [5.74, 6) is 0.0142. The normalized spacial score (nSPS) is 11.7. The molecule has 0 unspecified atom stereocenters. The van der Waals surface area contributed by atoms with Crippen LogP contribution >= 0.6 is 23.1 Å². The first-order valence-corrected chi connectivity index (χ1v) is 10.4. The van der Waals surface area contributed by atoms with Gasteiger partial charge in [0.2, 0.25) is 0 Å². The largest absolute Gasteiger partial charge is 0.465 e. The second-order valence-electron chi connectivity index (χ2n) is 6.13. The molecule has 0 spiro atoms. The van der Waals surface area contributed by atoms with Crippen LogP contribution in [0.3, 0.4) is 0 Å². The molecular formula is C19H13F3N4O2S2. The Morgan fingerprint density at radius 2 is 1.93 bits per heavy atom. The van der Waals surface area contributed by atoms with Gasteiger partial charge >= 0.3 is 12.1 Å². The number of rotatable bonds is 5. The zero-order valence-electron chi connectivity index (χ0n) is 15.4. The van der Waals surface area contributed by atoms with Crippen molar-refractivity contribution >= 4 is 34.7 Å². The number of ether oxygens (including phenoxy) is 1. The van der Waals surface area contributed by atoms with Crippen LogP contribution in [-0.4, -0.2) is 32.7 Å². The molecule has 6 nitrogen and oxygen atoms in total. The second kappa shape index (κ2) is 8.07. The number of nitrogens with zero attached hydrogens (tertiary/aromatic N) is 4. The molecule has 3 heterocycles. The zero-order chi connectivity index (χ0) is 21.3. The van der Waals surface area contributed by atoms with Gasteiger partial charge in [-0.2, -0.15) is 13.2 Å². The van der Waals surface area contributed by atoms with Gasteiger partial charge in [0.15, 0.2) is 10.8 Å². The number of fused-ring (bicyclic) bond motifs is 1. The predicted molar refractivity (Wildman–Crippen MR) is 106 cm³/mol. The Bertz CT molecular complexity index is 1200. The van der Waals surface area contributed by atoms with Crippen LogP contribution in [0.1, 0.15) is 21.6 Å². The molecule has 0 amide bonds. The van der Waals surface area contributed by atoms with Crippen molar-refractivity contribution in [3.63, 3.8) is 0 Å². The third-order valence-corrected chi connectivity index (χ3v) is 6.07. The molecule has 0 fully saturated rings. The van der Waals surface area contributed by atoms with Crippen LogP contribution in [0.25, 0.3) is 16.2 Å². The van der Waals surface area contributed by atoms with Crippen LogP contribution in [0, 0.1) is 0 Å². The van der Waals surface area contributed by atoms with E-state index in [0.29, 0.717) is 22.1 Å². The molecule has 0 aliphatic carbocycles. The van der Waals surface area contributed by atoms with Crippen LogP contribution < -0.4 is 0 Å². The first-order valence-electron chi connectivity index (χ1n) is 8.53. The lowest BCUT2D eigenvalue weighted by Gasteiger charge is -2.07. The van der Waals surface area contributed by atoms with Crippen molar-refractivity contribution in [2.45, 2.75) is 17.1 Å². The van der Waals surface area contributed by atoms with E-state index in [0.717, 1.165) is 28.5 Å². The summed E-state index contributed by atoms with van der Waals surface area (Å²) >= 11 is 2.69. The van der Waals surface area contributed by atoms with Gasteiger partial charge in [-0.1, -0.05) is 23.9 Å². The molecule has 4 aromatic rings. The lowest BCUT2D eigenvalue weighted by Crippen LogP contribution is -2.06. The second-order valence-corrected chi connectivity index (χ2v) is 7.93. The van der Waals surface area contributed by atoms with Crippen molar-refractivity contribution < 1.29 is 22.7 Å². The van der Waals surface area contributed by atoms with Crippen LogP contribution in [0.15, 0.2) is 53.1 Å². The molecular weight excluding hydrogens is 437 g/mol. The number of hydrogen-bond acceptors (Lipinski definition) is 7. The van der Waals surface area contributed by atoms with Gasteiger partial charge in [0, 0.05) is 22.9 Å². The first kappa shape index (κ1) is 20.4. The van der Waals surface area contributed by atoms with Gasteiger partial charge < -0.3 is 4.74 Å². The fourth-order valence-electron chi connectivity index (χ4n) is 2.65. The standard InChI is InChI=1S/C19H13F3N4O2S2/c1-28-17(27)12-4-2-11(3-5-12)16-23-14(9-29-16)10-30-18-25-24-15-7-6-13(8-26(15)18)19(20,21)22/h2-9H,10H2,1H3. The molecule has 0 atom stereocenters. The Morgan fingerprint density at radius 1 is 1.17 bits per heavy atom. The molecule has 0 saturated heterocycles. The molecule has 4 rings (SSSR count). The number of halogens is 3. The monoisotopic (exact) mass is 450 g/mol. The van der Waals surface area contributed by atoms with Crippen LogP contribution in [-0.2, 0) is 16.7 Å². The Hall–Kier alpha value is -2.92. The molecule has 11 heteroatoms. The molecule has 0 bridgehead atoms. The van der Waals surface area contributed by atoms with Crippen molar-refractivity contribution in [2.75, 3.05) is 7.11 Å². The Balaban J connectivity index is 1.49. The van der Waals surface area contributed by atoms with Crippen molar-refractivity contribution in [3.8, 4) is 10.6 Å². The van der Waals surface area contributed by atoms with Gasteiger partial charge in [-0.25, -0.2) is 9.78 Å². The number of carbonyl (C=O) groups is 1. The molecule has 30 heavy (non-hydrogen) atoms. The number of methoxy groups -OCH3 is 1. The highest BCUT2D eigenvalue weighted by Crippen LogP contribution is 2.31.